The van der Waals surface area contributed by atoms with Gasteiger partial charge in [0.15, 0.2) is 6.17 Å². The number of aromatic amines is 1. The molecule has 88 valence electrons. The maximum atomic E-state index is 10.1. The molecule has 1 aliphatic carbocycles. The summed E-state index contributed by atoms with van der Waals surface area (Å²) in [5, 5.41) is 22.9. The van der Waals surface area contributed by atoms with Crippen LogP contribution in [0.2, 0.25) is 0 Å². The summed E-state index contributed by atoms with van der Waals surface area (Å²) in [6.45, 7) is 0. The molecule has 3 rings (SSSR count). The molecule has 2 heterocycles. The number of hydroxylamine groups is 4. The summed E-state index contributed by atoms with van der Waals surface area (Å²) in [5.41, 5.74) is 0.833. The number of hydrogen-bond donors (Lipinski definition) is 3. The van der Waals surface area contributed by atoms with E-state index in [0.717, 1.165) is 31.4 Å². The molecule has 0 aromatic carbocycles. The number of nitrogens with zero attached hydrogens (tertiary/aromatic N) is 2. The van der Waals surface area contributed by atoms with E-state index in [1.54, 1.807) is 6.20 Å². The molecule has 0 bridgehead atoms. The second kappa shape index (κ2) is 3.85. The number of H-pyrrole nitrogens is 1. The maximum Gasteiger partial charge on any atom is 0.150 e. The van der Waals surface area contributed by atoms with Crippen molar-refractivity contribution < 1.29 is 10.4 Å². The van der Waals surface area contributed by atoms with Crippen LogP contribution in [0.25, 0.3) is 0 Å². The molecule has 5 nitrogen and oxygen atoms in total. The van der Waals surface area contributed by atoms with Gasteiger partial charge in [-0.2, -0.15) is 10.1 Å². The van der Waals surface area contributed by atoms with E-state index >= 15 is 0 Å². The number of aromatic nitrogens is 1. The molecule has 1 aliphatic heterocycles. The van der Waals surface area contributed by atoms with Crippen molar-refractivity contribution in [3.63, 3.8) is 0 Å². The van der Waals surface area contributed by atoms with Gasteiger partial charge in [-0.25, -0.2) is 0 Å². The van der Waals surface area contributed by atoms with Crippen molar-refractivity contribution in [2.24, 2.45) is 0 Å². The first-order chi connectivity index (χ1) is 7.79. The maximum absolute atomic E-state index is 10.1. The second-order valence-corrected chi connectivity index (χ2v) is 4.68. The van der Waals surface area contributed by atoms with Crippen LogP contribution < -0.4 is 0 Å². The first-order valence-corrected chi connectivity index (χ1v) is 5.87. The normalized spacial score (nSPS) is 36.5. The largest absolute Gasteiger partial charge is 0.362 e. The van der Waals surface area contributed by atoms with Gasteiger partial charge in [-0.1, -0.05) is 12.8 Å². The molecule has 16 heavy (non-hydrogen) atoms. The Bertz CT molecular complexity index is 336. The van der Waals surface area contributed by atoms with Crippen LogP contribution in [0.4, 0.5) is 0 Å². The summed E-state index contributed by atoms with van der Waals surface area (Å²) in [4.78, 5) is 3.05. The van der Waals surface area contributed by atoms with Gasteiger partial charge in [0, 0.05) is 6.20 Å². The van der Waals surface area contributed by atoms with E-state index in [1.165, 1.54) is 10.1 Å². The van der Waals surface area contributed by atoms with Crippen molar-refractivity contribution in [3.05, 3.63) is 24.0 Å². The Morgan fingerprint density at radius 3 is 2.25 bits per heavy atom. The smallest absolute Gasteiger partial charge is 0.150 e. The Labute approximate surface area is 94.2 Å². The van der Waals surface area contributed by atoms with Gasteiger partial charge in [-0.05, 0) is 25.0 Å². The highest BCUT2D eigenvalue weighted by Crippen LogP contribution is 2.40. The molecule has 0 radical (unpaired) electrons. The molecule has 1 saturated carbocycles. The fourth-order valence-corrected chi connectivity index (χ4v) is 2.98. The fourth-order valence-electron chi connectivity index (χ4n) is 2.98. The Morgan fingerprint density at radius 1 is 1.12 bits per heavy atom. The minimum atomic E-state index is -0.442. The van der Waals surface area contributed by atoms with Crippen molar-refractivity contribution in [3.8, 4) is 0 Å². The zero-order valence-corrected chi connectivity index (χ0v) is 9.08. The highest BCUT2D eigenvalue weighted by molar-refractivity contribution is 5.11. The highest BCUT2D eigenvalue weighted by Gasteiger charge is 2.48. The lowest BCUT2D eigenvalue weighted by molar-refractivity contribution is -0.212. The average Bonchev–Trinajstić information content (AvgIpc) is 2.89. The van der Waals surface area contributed by atoms with Gasteiger partial charge in [0.05, 0.1) is 17.8 Å². The van der Waals surface area contributed by atoms with Crippen molar-refractivity contribution in [2.45, 2.75) is 43.9 Å². The molecule has 2 unspecified atom stereocenters. The van der Waals surface area contributed by atoms with E-state index in [2.05, 4.69) is 4.98 Å². The topological polar surface area (TPSA) is 62.7 Å². The van der Waals surface area contributed by atoms with Crippen LogP contribution in [0, 0.1) is 0 Å². The molecule has 0 amide bonds. The second-order valence-electron chi connectivity index (χ2n) is 4.68. The van der Waals surface area contributed by atoms with Gasteiger partial charge in [-0.3, -0.25) is 0 Å². The SMILES string of the molecule is ON1C2CCCCC2N(O)C1c1ccc[nH]1. The van der Waals surface area contributed by atoms with Crippen LogP contribution in [-0.2, 0) is 0 Å². The minimum Gasteiger partial charge on any atom is -0.362 e. The third kappa shape index (κ3) is 1.40. The van der Waals surface area contributed by atoms with Crippen LogP contribution in [0.3, 0.4) is 0 Å². The Hall–Kier alpha value is -0.880. The lowest BCUT2D eigenvalue weighted by Crippen LogP contribution is -2.37. The first kappa shape index (κ1) is 10.3. The number of rotatable bonds is 1. The van der Waals surface area contributed by atoms with E-state index in [0.29, 0.717) is 0 Å². The number of hydrogen-bond acceptors (Lipinski definition) is 4. The van der Waals surface area contributed by atoms with Gasteiger partial charge in [0.2, 0.25) is 0 Å². The van der Waals surface area contributed by atoms with E-state index in [1.807, 2.05) is 12.1 Å². The van der Waals surface area contributed by atoms with Crippen LogP contribution in [0.15, 0.2) is 18.3 Å². The molecular weight excluding hydrogens is 206 g/mol. The molecule has 2 atom stereocenters. The van der Waals surface area contributed by atoms with E-state index in [-0.39, 0.29) is 12.1 Å². The van der Waals surface area contributed by atoms with Gasteiger partial charge in [0.1, 0.15) is 0 Å². The summed E-state index contributed by atoms with van der Waals surface area (Å²) in [6.07, 6.45) is 5.53. The summed E-state index contributed by atoms with van der Waals surface area (Å²) >= 11 is 0. The summed E-state index contributed by atoms with van der Waals surface area (Å²) in [6, 6.07) is 3.88. The third-order valence-corrected chi connectivity index (χ3v) is 3.77. The predicted octanol–water partition coefficient (Wildman–Crippen LogP) is 1.72. The van der Waals surface area contributed by atoms with Gasteiger partial charge in [-0.15, -0.1) is 0 Å². The van der Waals surface area contributed by atoms with Gasteiger partial charge >= 0.3 is 0 Å². The number of nitrogens with one attached hydrogen (secondary N) is 1. The Kier molecular flexibility index (Phi) is 2.48. The molecule has 1 aromatic rings. The lowest BCUT2D eigenvalue weighted by atomic mass is 9.91. The quantitative estimate of drug-likeness (QED) is 0.678. The summed E-state index contributed by atoms with van der Waals surface area (Å²) in [7, 11) is 0. The van der Waals surface area contributed by atoms with Crippen molar-refractivity contribution in [2.75, 3.05) is 0 Å². The van der Waals surface area contributed by atoms with E-state index in [4.69, 9.17) is 0 Å². The molecular formula is C11H17N3O2. The van der Waals surface area contributed by atoms with Crippen LogP contribution in [0.5, 0.6) is 0 Å². The molecule has 3 N–H and O–H groups in total. The van der Waals surface area contributed by atoms with E-state index < -0.39 is 6.17 Å². The molecule has 1 saturated heterocycles. The summed E-state index contributed by atoms with van der Waals surface area (Å²) < 4.78 is 0. The van der Waals surface area contributed by atoms with E-state index in [9.17, 15) is 10.4 Å². The minimum absolute atomic E-state index is 0.0621. The molecule has 2 fully saturated rings. The van der Waals surface area contributed by atoms with Gasteiger partial charge < -0.3 is 15.4 Å². The average molecular weight is 223 g/mol. The first-order valence-electron chi connectivity index (χ1n) is 5.87. The van der Waals surface area contributed by atoms with Gasteiger partial charge in [0.25, 0.3) is 0 Å². The van der Waals surface area contributed by atoms with Crippen molar-refractivity contribution in [1.82, 2.24) is 15.1 Å². The molecule has 1 aromatic heterocycles. The third-order valence-electron chi connectivity index (χ3n) is 3.77. The predicted molar refractivity (Wildman–Crippen MR) is 56.8 cm³/mol. The Morgan fingerprint density at radius 2 is 1.75 bits per heavy atom. The Balaban J connectivity index is 1.90. The van der Waals surface area contributed by atoms with Crippen LogP contribution in [-0.4, -0.2) is 37.6 Å². The molecule has 2 aliphatic rings. The summed E-state index contributed by atoms with van der Waals surface area (Å²) in [5.74, 6) is 0. The lowest BCUT2D eigenvalue weighted by Gasteiger charge is -2.27. The monoisotopic (exact) mass is 223 g/mol. The van der Waals surface area contributed by atoms with Crippen LogP contribution in [0.1, 0.15) is 37.5 Å². The van der Waals surface area contributed by atoms with Crippen molar-refractivity contribution >= 4 is 0 Å². The highest BCUT2D eigenvalue weighted by atomic mass is 16.6. The zero-order chi connectivity index (χ0) is 11.1. The standard InChI is InChI=1S/C11H17N3O2/c15-13-9-5-1-2-6-10(9)14(16)11(13)8-4-3-7-12-8/h3-4,7,9-12,15-16H,1-2,5-6H2. The van der Waals surface area contributed by atoms with Crippen LogP contribution >= 0.6 is 0 Å². The fraction of sp³-hybridized carbons (Fsp3) is 0.636. The van der Waals surface area contributed by atoms with Crippen molar-refractivity contribution in [1.29, 1.82) is 0 Å². The molecule has 0 spiro atoms. The zero-order valence-electron chi connectivity index (χ0n) is 9.08. The molecule has 5 heteroatoms. The number of fused-ring (bicyclic) bond motifs is 1.